The molecule has 0 saturated heterocycles. The first-order valence-corrected chi connectivity index (χ1v) is 53.3. The zero-order chi connectivity index (χ0) is 94.3. The van der Waals surface area contributed by atoms with Gasteiger partial charge in [-0.3, -0.25) is 0 Å². The van der Waals surface area contributed by atoms with E-state index in [0.717, 1.165) is 156 Å². The van der Waals surface area contributed by atoms with Crippen molar-refractivity contribution in [2.45, 2.75) is 169 Å². The summed E-state index contributed by atoms with van der Waals surface area (Å²) in [6.45, 7) is 19.0. The predicted octanol–water partition coefficient (Wildman–Crippen LogP) is 19.5. The van der Waals surface area contributed by atoms with Gasteiger partial charge < -0.3 is 28.4 Å². The van der Waals surface area contributed by atoms with Crippen molar-refractivity contribution in [1.82, 2.24) is 38.8 Å². The van der Waals surface area contributed by atoms with Crippen LogP contribution in [-0.2, 0) is 75.3 Å². The summed E-state index contributed by atoms with van der Waals surface area (Å²) in [7, 11) is -10.4. The lowest BCUT2D eigenvalue weighted by Crippen LogP contribution is -2.31. The van der Waals surface area contributed by atoms with Crippen LogP contribution >= 0.6 is 45.3 Å². The molecular weight excluding hydrogens is 1830 g/mol. The highest BCUT2D eigenvalue weighted by atomic mass is 32.2. The minimum Gasteiger partial charge on any atom is -0.490 e. The number of ether oxygens (including phenoxy) is 6. The van der Waals surface area contributed by atoms with Crippen molar-refractivity contribution >= 4 is 85.4 Å². The van der Waals surface area contributed by atoms with Crippen LogP contribution in [0.2, 0.25) is 0 Å². The van der Waals surface area contributed by atoms with Gasteiger partial charge in [-0.15, -0.1) is 45.3 Å². The number of sulfonamides is 4. The van der Waals surface area contributed by atoms with Crippen LogP contribution in [0.15, 0.2) is 170 Å². The molecule has 4 N–H and O–H groups in total. The Balaban J connectivity index is 0.000000150. The Morgan fingerprint density at radius 2 is 0.576 bits per heavy atom. The second kappa shape index (κ2) is 43.8. The molecule has 4 atom stereocenters. The monoisotopic (exact) mass is 1930 g/mol. The number of methoxy groups -OCH3 is 2. The second-order valence-corrected chi connectivity index (χ2v) is 44.8. The lowest BCUT2D eigenvalue weighted by molar-refractivity contribution is 0.216. The average molecular weight is 1930 g/mol. The van der Waals surface area contributed by atoms with Gasteiger partial charge >= 0.3 is 0 Å². The molecule has 16 rings (SSSR count). The first kappa shape index (κ1) is 98.5. The molecule has 4 heterocycles. The lowest BCUT2D eigenvalue weighted by Gasteiger charge is -2.15. The molecule has 0 bridgehead atoms. The van der Waals surface area contributed by atoms with Crippen molar-refractivity contribution in [3.05, 3.63) is 237 Å². The standard InChI is InChI=1S/2C25H27N3O4S2.2C24H25N3O3S2/c2*1-16(2)32-23-10-7-17(13-18(23)14-26)25-27-15-24(33-25)21-6-4-5-20-19(21)8-9-22(20)28-34(29,30)12-11-31-3;2*1-4-32(28,29)27-21-10-9-18-19(21)6-5-7-20(18)23-14-26-24(31-23)16-8-11-22(30-15(2)3)17(12-16)13-25/h2*4-7,10,13,15-16,22,28H,8-9,11-12H2,1-3H3;2*5-8,11-12,14-15,21,27H,4,9-10H2,1-3H3/t2*22-;2*21-/m1010/s1. The molecule has 8 aromatic carbocycles. The molecule has 0 saturated carbocycles. The molecule has 0 unspecified atom stereocenters. The number of aromatic nitrogens is 4. The third kappa shape index (κ3) is 24.3. The van der Waals surface area contributed by atoms with E-state index in [1.807, 2.05) is 189 Å². The number of hydrogen-bond acceptors (Lipinski definition) is 26. The molecule has 0 radical (unpaired) electrons. The van der Waals surface area contributed by atoms with Crippen LogP contribution in [0.25, 0.3) is 84.0 Å². The fourth-order valence-corrected chi connectivity index (χ4v) is 24.0. The third-order valence-corrected chi connectivity index (χ3v) is 32.0. The first-order chi connectivity index (χ1) is 63.2. The van der Waals surface area contributed by atoms with E-state index in [1.54, 1.807) is 71.3 Å². The number of benzene rings is 8. The quantitative estimate of drug-likeness (QED) is 0.0304. The Morgan fingerprint density at radius 3 is 0.780 bits per heavy atom. The van der Waals surface area contributed by atoms with Gasteiger partial charge in [0.1, 0.15) is 67.3 Å². The summed E-state index contributed by atoms with van der Waals surface area (Å²) < 4.78 is 142. The maximum Gasteiger partial charge on any atom is 0.214 e. The fraction of sp³-hybridized carbons (Fsp3) is 0.347. The Kier molecular flexibility index (Phi) is 32.7. The third-order valence-electron chi connectivity index (χ3n) is 22.2. The first-order valence-electron chi connectivity index (χ1n) is 43.4. The smallest absolute Gasteiger partial charge is 0.214 e. The van der Waals surface area contributed by atoms with Crippen LogP contribution < -0.4 is 37.8 Å². The molecule has 0 spiro atoms. The van der Waals surface area contributed by atoms with E-state index >= 15 is 0 Å². The van der Waals surface area contributed by atoms with Gasteiger partial charge in [0.2, 0.25) is 40.1 Å². The van der Waals surface area contributed by atoms with Gasteiger partial charge in [-0.1, -0.05) is 72.8 Å². The zero-order valence-corrected chi connectivity index (χ0v) is 81.8. The molecule has 688 valence electrons. The molecule has 0 fully saturated rings. The Labute approximate surface area is 789 Å². The minimum atomic E-state index is -3.42. The zero-order valence-electron chi connectivity index (χ0n) is 75.2. The van der Waals surface area contributed by atoms with E-state index in [1.165, 1.54) is 25.3 Å². The van der Waals surface area contributed by atoms with Gasteiger partial charge in [0.05, 0.1) is 102 Å². The molecule has 12 aromatic rings. The van der Waals surface area contributed by atoms with Crippen LogP contribution in [0.5, 0.6) is 23.0 Å². The highest BCUT2D eigenvalue weighted by molar-refractivity contribution is 7.90. The van der Waals surface area contributed by atoms with Gasteiger partial charge in [0.25, 0.3) is 0 Å². The minimum absolute atomic E-state index is 0.00905. The molecule has 132 heavy (non-hydrogen) atoms. The number of nitrogens with zero attached hydrogens (tertiary/aromatic N) is 8. The van der Waals surface area contributed by atoms with Gasteiger partial charge in [0, 0.05) is 85.4 Å². The maximum atomic E-state index is 12.4. The van der Waals surface area contributed by atoms with Crippen LogP contribution in [0.1, 0.15) is 186 Å². The number of hydrogen-bond donors (Lipinski definition) is 4. The summed E-state index contributed by atoms with van der Waals surface area (Å²) in [4.78, 5) is 22.5. The lowest BCUT2D eigenvalue weighted by atomic mass is 10.0. The van der Waals surface area contributed by atoms with Crippen molar-refractivity contribution in [2.75, 3.05) is 50.4 Å². The molecular formula is C98H104N12O14S8. The highest BCUT2D eigenvalue weighted by Crippen LogP contribution is 2.48. The van der Waals surface area contributed by atoms with E-state index in [-0.39, 0.29) is 84.8 Å². The molecule has 4 aromatic heterocycles. The number of thiazole rings is 4. The summed E-state index contributed by atoms with van der Waals surface area (Å²) in [5, 5.41) is 41.4. The summed E-state index contributed by atoms with van der Waals surface area (Å²) in [6.07, 6.45) is 13.5. The number of nitriles is 4. The Bertz CT molecular complexity index is 6450. The van der Waals surface area contributed by atoms with Crippen molar-refractivity contribution in [2.24, 2.45) is 0 Å². The summed E-state index contributed by atoms with van der Waals surface area (Å²) in [5.41, 5.74) is 18.4. The molecule has 0 amide bonds. The Morgan fingerprint density at radius 1 is 0.348 bits per heavy atom. The van der Waals surface area contributed by atoms with Crippen LogP contribution in [0.4, 0.5) is 0 Å². The predicted molar refractivity (Wildman–Crippen MR) is 521 cm³/mol. The van der Waals surface area contributed by atoms with E-state index < -0.39 is 40.1 Å². The summed E-state index contributed by atoms with van der Waals surface area (Å²) in [6, 6.07) is 54.2. The number of nitrogens with one attached hydrogen (secondary N) is 4. The van der Waals surface area contributed by atoms with Gasteiger partial charge in [0.15, 0.2) is 0 Å². The van der Waals surface area contributed by atoms with Crippen molar-refractivity contribution in [1.29, 1.82) is 21.0 Å². The molecule has 4 aliphatic rings. The van der Waals surface area contributed by atoms with Crippen molar-refractivity contribution in [3.63, 3.8) is 0 Å². The van der Waals surface area contributed by atoms with E-state index in [4.69, 9.17) is 28.4 Å². The molecule has 4 aliphatic carbocycles. The summed E-state index contributed by atoms with van der Waals surface area (Å²) >= 11 is 6.23. The Hall–Kier alpha value is -11.0. The van der Waals surface area contributed by atoms with Gasteiger partial charge in [-0.2, -0.15) is 21.0 Å². The second-order valence-electron chi connectivity index (χ2n) is 32.8. The number of rotatable bonds is 32. The SMILES string of the molecule is CCS(=O)(=O)N[C@@H]1CCc2c(-c3cnc(-c4ccc(OC(C)C)c(C#N)c4)s3)cccc21.CCS(=O)(=O)N[C@H]1CCc2c(-c3cnc(-c4ccc(OC(C)C)c(C#N)c4)s3)cccc21.COCCS(=O)(=O)N[C@@H]1CCc2c(-c3cnc(-c4ccc(OC(C)C)c(C#N)c4)s3)cccc21.COCCS(=O)(=O)N[C@H]1CCc2c(-c3cnc(-c4ccc(OC(C)C)c(C#N)c4)s3)cccc21. The molecule has 0 aliphatic heterocycles. The van der Waals surface area contributed by atoms with Crippen molar-refractivity contribution in [3.8, 4) is 131 Å². The van der Waals surface area contributed by atoms with Crippen LogP contribution in [0, 0.1) is 45.3 Å². The van der Waals surface area contributed by atoms with Crippen molar-refractivity contribution < 1.29 is 62.1 Å². The topological polar surface area (TPSA) is 387 Å². The van der Waals surface area contributed by atoms with E-state index in [2.05, 4.69) is 87.4 Å². The van der Waals surface area contributed by atoms with E-state index in [9.17, 15) is 54.7 Å². The molecule has 26 nitrogen and oxygen atoms in total. The fourth-order valence-electron chi connectivity index (χ4n) is 16.1. The van der Waals surface area contributed by atoms with Crippen LogP contribution in [-0.4, -0.2) is 128 Å². The van der Waals surface area contributed by atoms with E-state index in [0.29, 0.717) is 58.1 Å². The highest BCUT2D eigenvalue weighted by Gasteiger charge is 2.34. The molecule has 34 heteroatoms. The largest absolute Gasteiger partial charge is 0.490 e. The van der Waals surface area contributed by atoms with Gasteiger partial charge in [-0.25, -0.2) is 72.5 Å². The average Bonchev–Trinajstić information content (AvgIpc) is 1.64. The normalized spacial score (nSPS) is 15.4. The maximum absolute atomic E-state index is 12.4. The number of fused-ring (bicyclic) bond motifs is 4. The summed E-state index contributed by atoms with van der Waals surface area (Å²) in [5.74, 6) is 2.31. The van der Waals surface area contributed by atoms with Gasteiger partial charge in [-0.05, 0) is 260 Å². The van der Waals surface area contributed by atoms with Crippen LogP contribution in [0.3, 0.4) is 0 Å².